The van der Waals surface area contributed by atoms with Crippen molar-refractivity contribution in [3.05, 3.63) is 35.6 Å². The van der Waals surface area contributed by atoms with Gasteiger partial charge in [0.1, 0.15) is 5.82 Å². The van der Waals surface area contributed by atoms with Crippen LogP contribution in [0.2, 0.25) is 0 Å². The summed E-state index contributed by atoms with van der Waals surface area (Å²) in [7, 11) is 0. The molecular formula is C10H10FN3S2. The monoisotopic (exact) mass is 255 g/mol. The van der Waals surface area contributed by atoms with Gasteiger partial charge in [0.05, 0.1) is 0 Å². The molecule has 0 saturated carbocycles. The topological polar surface area (TPSA) is 51.8 Å². The fourth-order valence-electron chi connectivity index (χ4n) is 1.22. The molecule has 0 saturated heterocycles. The lowest BCUT2D eigenvalue weighted by Gasteiger charge is -2.08. The van der Waals surface area contributed by atoms with Gasteiger partial charge in [0.2, 0.25) is 5.13 Å². The number of rotatable bonds is 3. The molecule has 2 rings (SSSR count). The summed E-state index contributed by atoms with van der Waals surface area (Å²) in [6.45, 7) is 2.04. The van der Waals surface area contributed by atoms with E-state index in [0.717, 1.165) is 9.90 Å². The summed E-state index contributed by atoms with van der Waals surface area (Å²) in [6, 6.07) is 6.47. The van der Waals surface area contributed by atoms with Gasteiger partial charge < -0.3 is 5.73 Å². The first kappa shape index (κ1) is 11.3. The van der Waals surface area contributed by atoms with Crippen LogP contribution in [0.25, 0.3) is 0 Å². The lowest BCUT2D eigenvalue weighted by molar-refractivity contribution is 0.627. The van der Waals surface area contributed by atoms with Crippen LogP contribution in [0.3, 0.4) is 0 Å². The summed E-state index contributed by atoms with van der Waals surface area (Å²) in [5.74, 6) is -0.221. The maximum absolute atomic E-state index is 12.7. The fourth-order valence-corrected chi connectivity index (χ4v) is 3.13. The molecule has 1 aromatic heterocycles. The van der Waals surface area contributed by atoms with Crippen molar-refractivity contribution in [1.82, 2.24) is 10.2 Å². The maximum atomic E-state index is 12.7. The quantitative estimate of drug-likeness (QED) is 0.856. The fraction of sp³-hybridized carbons (Fsp3) is 0.200. The second-order valence-electron chi connectivity index (χ2n) is 3.22. The summed E-state index contributed by atoms with van der Waals surface area (Å²) < 4.78 is 13.6. The lowest BCUT2D eigenvalue weighted by Crippen LogP contribution is -1.88. The summed E-state index contributed by atoms with van der Waals surface area (Å²) >= 11 is 2.92. The van der Waals surface area contributed by atoms with Gasteiger partial charge in [-0.25, -0.2) is 4.39 Å². The van der Waals surface area contributed by atoms with E-state index in [1.54, 1.807) is 23.9 Å². The Hall–Kier alpha value is -1.14. The molecule has 84 valence electrons. The van der Waals surface area contributed by atoms with Gasteiger partial charge in [-0.3, -0.25) is 0 Å². The molecule has 1 heterocycles. The molecule has 0 spiro atoms. The molecule has 0 aliphatic rings. The van der Waals surface area contributed by atoms with Crippen molar-refractivity contribution in [1.29, 1.82) is 0 Å². The van der Waals surface area contributed by atoms with Crippen LogP contribution < -0.4 is 5.73 Å². The SMILES string of the molecule is C[C@H](Sc1nnc(N)s1)c1ccc(F)cc1. The molecule has 1 atom stereocenters. The van der Waals surface area contributed by atoms with Gasteiger partial charge in [0.25, 0.3) is 0 Å². The number of benzene rings is 1. The molecule has 0 bridgehead atoms. The van der Waals surface area contributed by atoms with Crippen molar-refractivity contribution in [2.24, 2.45) is 0 Å². The molecule has 0 unspecified atom stereocenters. The minimum absolute atomic E-state index is 0.202. The van der Waals surface area contributed by atoms with Crippen LogP contribution in [0.1, 0.15) is 17.7 Å². The van der Waals surface area contributed by atoms with Crippen LogP contribution in [0, 0.1) is 5.82 Å². The van der Waals surface area contributed by atoms with E-state index in [1.807, 2.05) is 6.92 Å². The highest BCUT2D eigenvalue weighted by atomic mass is 32.2. The number of nitrogens with two attached hydrogens (primary N) is 1. The lowest BCUT2D eigenvalue weighted by atomic mass is 10.2. The average molecular weight is 255 g/mol. The number of thioether (sulfide) groups is 1. The van der Waals surface area contributed by atoms with Crippen LogP contribution in [0.4, 0.5) is 9.52 Å². The Morgan fingerprint density at radius 2 is 2.00 bits per heavy atom. The average Bonchev–Trinajstić information content (AvgIpc) is 2.65. The highest BCUT2D eigenvalue weighted by Gasteiger charge is 2.10. The molecule has 0 fully saturated rings. The minimum Gasteiger partial charge on any atom is -0.374 e. The summed E-state index contributed by atoms with van der Waals surface area (Å²) in [6.07, 6.45) is 0. The molecule has 0 radical (unpaired) electrons. The Morgan fingerprint density at radius 3 is 2.56 bits per heavy atom. The molecular weight excluding hydrogens is 245 g/mol. The van der Waals surface area contributed by atoms with Gasteiger partial charge in [0, 0.05) is 5.25 Å². The van der Waals surface area contributed by atoms with Crippen molar-refractivity contribution >= 4 is 28.2 Å². The van der Waals surface area contributed by atoms with E-state index in [4.69, 9.17) is 5.73 Å². The van der Waals surface area contributed by atoms with Crippen LogP contribution >= 0.6 is 23.1 Å². The first-order chi connectivity index (χ1) is 7.65. The van der Waals surface area contributed by atoms with Gasteiger partial charge >= 0.3 is 0 Å². The summed E-state index contributed by atoms with van der Waals surface area (Å²) in [4.78, 5) is 0. The normalized spacial score (nSPS) is 12.6. The van der Waals surface area contributed by atoms with Crippen molar-refractivity contribution in [3.63, 3.8) is 0 Å². The zero-order chi connectivity index (χ0) is 11.5. The zero-order valence-corrected chi connectivity index (χ0v) is 10.2. The Balaban J connectivity index is 2.08. The third kappa shape index (κ3) is 2.70. The highest BCUT2D eigenvalue weighted by molar-refractivity contribution is 8.01. The Labute approximate surface area is 101 Å². The maximum Gasteiger partial charge on any atom is 0.203 e. The molecule has 2 aromatic rings. The molecule has 1 aromatic carbocycles. The first-order valence-electron chi connectivity index (χ1n) is 4.66. The molecule has 6 heteroatoms. The van der Waals surface area contributed by atoms with Gasteiger partial charge in [-0.1, -0.05) is 35.2 Å². The predicted molar refractivity (Wildman–Crippen MR) is 65.0 cm³/mol. The summed E-state index contributed by atoms with van der Waals surface area (Å²) in [5, 5.41) is 8.34. The predicted octanol–water partition coefficient (Wildman–Crippen LogP) is 3.11. The van der Waals surface area contributed by atoms with Gasteiger partial charge in [0.15, 0.2) is 4.34 Å². The van der Waals surface area contributed by atoms with Gasteiger partial charge in [-0.05, 0) is 24.6 Å². The van der Waals surface area contributed by atoms with Crippen LogP contribution in [-0.2, 0) is 0 Å². The highest BCUT2D eigenvalue weighted by Crippen LogP contribution is 2.36. The van der Waals surface area contributed by atoms with Gasteiger partial charge in [-0.15, -0.1) is 10.2 Å². The number of halogens is 1. The van der Waals surface area contributed by atoms with E-state index in [0.29, 0.717) is 5.13 Å². The second kappa shape index (κ2) is 4.80. The zero-order valence-electron chi connectivity index (χ0n) is 8.55. The summed E-state index contributed by atoms with van der Waals surface area (Å²) in [5.41, 5.74) is 6.55. The van der Waals surface area contributed by atoms with E-state index in [9.17, 15) is 4.39 Å². The Morgan fingerprint density at radius 1 is 1.31 bits per heavy atom. The number of nitrogen functional groups attached to an aromatic ring is 1. The third-order valence-corrected chi connectivity index (χ3v) is 4.03. The largest absolute Gasteiger partial charge is 0.374 e. The number of nitrogens with zero attached hydrogens (tertiary/aromatic N) is 2. The molecule has 3 nitrogen and oxygen atoms in total. The van der Waals surface area contributed by atoms with Crippen molar-refractivity contribution < 1.29 is 4.39 Å². The smallest absolute Gasteiger partial charge is 0.203 e. The Bertz CT molecular complexity index is 469. The molecule has 0 amide bonds. The molecule has 2 N–H and O–H groups in total. The Kier molecular flexibility index (Phi) is 3.40. The first-order valence-corrected chi connectivity index (χ1v) is 6.36. The molecule has 0 aliphatic heterocycles. The van der Waals surface area contributed by atoms with Crippen LogP contribution in [0.15, 0.2) is 28.6 Å². The number of aromatic nitrogens is 2. The van der Waals surface area contributed by atoms with E-state index in [1.165, 1.54) is 23.5 Å². The second-order valence-corrected chi connectivity index (χ2v) is 5.81. The number of anilines is 1. The van der Waals surface area contributed by atoms with E-state index in [2.05, 4.69) is 10.2 Å². The van der Waals surface area contributed by atoms with Crippen molar-refractivity contribution in [2.75, 3.05) is 5.73 Å². The minimum atomic E-state index is -0.221. The van der Waals surface area contributed by atoms with Crippen LogP contribution in [0.5, 0.6) is 0 Å². The van der Waals surface area contributed by atoms with Crippen molar-refractivity contribution in [2.45, 2.75) is 16.5 Å². The standard InChI is InChI=1S/C10H10FN3S2/c1-6(7-2-4-8(11)5-3-7)15-10-14-13-9(12)16-10/h2-6H,1H3,(H2,12,13)/t6-/m0/s1. The van der Waals surface area contributed by atoms with Gasteiger partial charge in [-0.2, -0.15) is 0 Å². The number of hydrogen-bond acceptors (Lipinski definition) is 5. The number of hydrogen-bond donors (Lipinski definition) is 1. The third-order valence-electron chi connectivity index (χ3n) is 2.04. The van der Waals surface area contributed by atoms with E-state index < -0.39 is 0 Å². The van der Waals surface area contributed by atoms with Crippen molar-refractivity contribution in [3.8, 4) is 0 Å². The molecule has 0 aliphatic carbocycles. The molecule has 16 heavy (non-hydrogen) atoms. The van der Waals surface area contributed by atoms with E-state index >= 15 is 0 Å². The van der Waals surface area contributed by atoms with Crippen LogP contribution in [-0.4, -0.2) is 10.2 Å². The van der Waals surface area contributed by atoms with E-state index in [-0.39, 0.29) is 11.1 Å².